The number of amides is 1. The average Bonchev–Trinajstić information content (AvgIpc) is 2.80. The Morgan fingerprint density at radius 2 is 1.74 bits per heavy atom. The van der Waals surface area contributed by atoms with Crippen LogP contribution >= 0.6 is 11.8 Å². The van der Waals surface area contributed by atoms with Gasteiger partial charge in [0.25, 0.3) is 5.91 Å². The number of hydroxylamine groups is 1. The molecule has 1 unspecified atom stereocenters. The van der Waals surface area contributed by atoms with Crippen molar-refractivity contribution in [3.8, 4) is 0 Å². The summed E-state index contributed by atoms with van der Waals surface area (Å²) in [6, 6.07) is 15.3. The van der Waals surface area contributed by atoms with E-state index in [1.165, 1.54) is 18.7 Å². The number of benzene rings is 2. The summed E-state index contributed by atoms with van der Waals surface area (Å²) in [5.74, 6) is -0.776. The number of ether oxygens (including phenoxy) is 1. The van der Waals surface area contributed by atoms with Gasteiger partial charge < -0.3 is 4.74 Å². The van der Waals surface area contributed by atoms with Gasteiger partial charge in [-0.1, -0.05) is 30.0 Å². The van der Waals surface area contributed by atoms with Gasteiger partial charge in [0.1, 0.15) is 6.04 Å². The minimum absolute atomic E-state index is 0.101. The van der Waals surface area contributed by atoms with Crippen LogP contribution in [0.1, 0.15) is 6.92 Å². The van der Waals surface area contributed by atoms with Gasteiger partial charge in [0.2, 0.25) is 10.0 Å². The number of hydrogen-bond acceptors (Lipinski definition) is 7. The van der Waals surface area contributed by atoms with Crippen molar-refractivity contribution >= 4 is 27.7 Å². The zero-order valence-electron chi connectivity index (χ0n) is 17.3. The Balaban J connectivity index is 1.78. The maximum absolute atomic E-state index is 13.4. The van der Waals surface area contributed by atoms with Crippen molar-refractivity contribution in [1.29, 1.82) is 0 Å². The van der Waals surface area contributed by atoms with E-state index >= 15 is 0 Å². The third-order valence-electron chi connectivity index (χ3n) is 5.07. The van der Waals surface area contributed by atoms with Crippen LogP contribution in [0.25, 0.3) is 0 Å². The second-order valence-corrected chi connectivity index (χ2v) is 10.1. The number of carbonyl (C=O) groups is 1. The van der Waals surface area contributed by atoms with Gasteiger partial charge in [0.15, 0.2) is 0 Å². The van der Waals surface area contributed by atoms with Crippen molar-refractivity contribution < 1.29 is 23.2 Å². The normalized spacial score (nSPS) is 16.2. The molecule has 8 nitrogen and oxygen atoms in total. The summed E-state index contributed by atoms with van der Waals surface area (Å²) >= 11 is 1.54. The minimum atomic E-state index is -3.95. The molecular formula is C21H27N3O5S2. The van der Waals surface area contributed by atoms with Gasteiger partial charge >= 0.3 is 0 Å². The van der Waals surface area contributed by atoms with E-state index in [-0.39, 0.29) is 11.4 Å². The lowest BCUT2D eigenvalue weighted by molar-refractivity contribution is -0.132. The minimum Gasteiger partial charge on any atom is -0.379 e. The van der Waals surface area contributed by atoms with E-state index in [0.29, 0.717) is 32.8 Å². The molecule has 0 saturated carbocycles. The number of sulfonamides is 1. The summed E-state index contributed by atoms with van der Waals surface area (Å²) in [7, 11) is -3.95. The zero-order chi connectivity index (χ0) is 22.3. The van der Waals surface area contributed by atoms with Crippen molar-refractivity contribution in [2.75, 3.05) is 39.4 Å². The molecule has 3 rings (SSSR count). The Morgan fingerprint density at radius 3 is 2.35 bits per heavy atom. The highest BCUT2D eigenvalue weighted by Crippen LogP contribution is 2.29. The fourth-order valence-electron chi connectivity index (χ4n) is 3.25. The third kappa shape index (κ3) is 6.28. The second-order valence-electron chi connectivity index (χ2n) is 7.11. The maximum Gasteiger partial charge on any atom is 0.261 e. The van der Waals surface area contributed by atoms with Crippen molar-refractivity contribution in [3.63, 3.8) is 0 Å². The van der Waals surface area contributed by atoms with E-state index in [4.69, 9.17) is 9.94 Å². The van der Waals surface area contributed by atoms with Crippen molar-refractivity contribution in [2.45, 2.75) is 27.7 Å². The predicted molar refractivity (Wildman–Crippen MR) is 118 cm³/mol. The van der Waals surface area contributed by atoms with Crippen LogP contribution in [0.3, 0.4) is 0 Å². The topological polar surface area (TPSA) is 99.2 Å². The molecule has 31 heavy (non-hydrogen) atoms. The number of nitrogens with zero attached hydrogens (tertiary/aromatic N) is 2. The molecule has 2 aromatic rings. The van der Waals surface area contributed by atoms with Crippen LogP contribution in [0.2, 0.25) is 0 Å². The Hall–Kier alpha value is -1.95. The lowest BCUT2D eigenvalue weighted by Crippen LogP contribution is -2.50. The molecule has 1 amide bonds. The monoisotopic (exact) mass is 465 g/mol. The molecule has 0 aromatic heterocycles. The molecule has 1 aliphatic heterocycles. The molecule has 10 heteroatoms. The number of nitrogens with one attached hydrogen (secondary N) is 1. The van der Waals surface area contributed by atoms with Crippen LogP contribution in [-0.2, 0) is 19.6 Å². The van der Waals surface area contributed by atoms with Crippen LogP contribution < -0.4 is 5.48 Å². The summed E-state index contributed by atoms with van der Waals surface area (Å²) in [5.41, 5.74) is 1.56. The molecular weight excluding hydrogens is 438 g/mol. The number of hydrogen-bond donors (Lipinski definition) is 2. The Bertz CT molecular complexity index is 949. The van der Waals surface area contributed by atoms with E-state index in [2.05, 4.69) is 4.90 Å². The Labute approximate surface area is 187 Å². The first-order valence-electron chi connectivity index (χ1n) is 10.0. The van der Waals surface area contributed by atoms with Gasteiger partial charge in [-0.15, -0.1) is 0 Å². The SMILES string of the molecule is CC(C(=O)NO)N(CCN1CCOCC1)S(=O)(=O)c1ccc(Sc2ccccc2)cc1. The summed E-state index contributed by atoms with van der Waals surface area (Å²) in [5, 5.41) is 9.03. The second kappa shape index (κ2) is 11.1. The van der Waals surface area contributed by atoms with Gasteiger partial charge in [-0.3, -0.25) is 14.9 Å². The highest BCUT2D eigenvalue weighted by atomic mass is 32.2. The molecule has 2 N–H and O–H groups in total. The number of morpholine rings is 1. The zero-order valence-corrected chi connectivity index (χ0v) is 18.9. The van der Waals surface area contributed by atoms with Crippen molar-refractivity contribution in [1.82, 2.24) is 14.7 Å². The van der Waals surface area contributed by atoms with Crippen LogP contribution in [0.5, 0.6) is 0 Å². The van der Waals surface area contributed by atoms with Crippen molar-refractivity contribution in [3.05, 3.63) is 54.6 Å². The fraction of sp³-hybridized carbons (Fsp3) is 0.381. The van der Waals surface area contributed by atoms with E-state index in [1.807, 2.05) is 30.3 Å². The summed E-state index contributed by atoms with van der Waals surface area (Å²) in [4.78, 5) is 16.2. The molecule has 0 radical (unpaired) electrons. The fourth-order valence-corrected chi connectivity index (χ4v) is 5.67. The van der Waals surface area contributed by atoms with Crippen LogP contribution in [0.4, 0.5) is 0 Å². The quantitative estimate of drug-likeness (QED) is 0.432. The van der Waals surface area contributed by atoms with Gasteiger partial charge in [0.05, 0.1) is 18.1 Å². The predicted octanol–water partition coefficient (Wildman–Crippen LogP) is 2.05. The molecule has 0 bridgehead atoms. The summed E-state index contributed by atoms with van der Waals surface area (Å²) in [6.07, 6.45) is 0. The highest BCUT2D eigenvalue weighted by molar-refractivity contribution is 7.99. The molecule has 1 fully saturated rings. The Kier molecular flexibility index (Phi) is 8.47. The van der Waals surface area contributed by atoms with Gasteiger partial charge in [-0.05, 0) is 43.3 Å². The van der Waals surface area contributed by atoms with E-state index in [1.54, 1.807) is 29.7 Å². The first kappa shape index (κ1) is 23.7. The van der Waals surface area contributed by atoms with Gasteiger partial charge in [-0.2, -0.15) is 4.31 Å². The van der Waals surface area contributed by atoms with Gasteiger partial charge in [0, 0.05) is 36.0 Å². The summed E-state index contributed by atoms with van der Waals surface area (Å²) in [6.45, 7) is 4.66. The molecule has 0 spiro atoms. The van der Waals surface area contributed by atoms with Crippen molar-refractivity contribution in [2.24, 2.45) is 0 Å². The third-order valence-corrected chi connectivity index (χ3v) is 8.07. The van der Waals surface area contributed by atoms with Crippen LogP contribution in [0.15, 0.2) is 69.3 Å². The molecule has 1 heterocycles. The molecule has 0 aliphatic carbocycles. The summed E-state index contributed by atoms with van der Waals surface area (Å²) < 4.78 is 33.2. The maximum atomic E-state index is 13.4. The first-order valence-corrected chi connectivity index (χ1v) is 12.3. The number of rotatable bonds is 9. The first-order chi connectivity index (χ1) is 14.9. The lowest BCUT2D eigenvalue weighted by Gasteiger charge is -2.31. The smallest absolute Gasteiger partial charge is 0.261 e. The largest absolute Gasteiger partial charge is 0.379 e. The van der Waals surface area contributed by atoms with Crippen LogP contribution in [0, 0.1) is 0 Å². The van der Waals surface area contributed by atoms with Crippen LogP contribution in [-0.4, -0.2) is 74.2 Å². The Morgan fingerprint density at radius 1 is 1.13 bits per heavy atom. The molecule has 1 aliphatic rings. The number of carbonyl (C=O) groups excluding carboxylic acids is 1. The lowest BCUT2D eigenvalue weighted by atomic mass is 10.3. The van der Waals surface area contributed by atoms with E-state index in [9.17, 15) is 13.2 Å². The molecule has 1 atom stereocenters. The van der Waals surface area contributed by atoms with Gasteiger partial charge in [-0.25, -0.2) is 13.9 Å². The standard InChI is InChI=1S/C21H27N3O5S2/c1-17(21(25)22-26)24(12-11-23-13-15-29-16-14-23)31(27,28)20-9-7-19(8-10-20)30-18-5-3-2-4-6-18/h2-10,17,26H,11-16H2,1H3,(H,22,25). The van der Waals surface area contributed by atoms with E-state index < -0.39 is 22.0 Å². The van der Waals surface area contributed by atoms with E-state index in [0.717, 1.165) is 14.1 Å². The molecule has 168 valence electrons. The average molecular weight is 466 g/mol. The highest BCUT2D eigenvalue weighted by Gasteiger charge is 2.33. The molecule has 1 saturated heterocycles. The molecule has 2 aromatic carbocycles.